The molecule has 3 N–H and O–H groups in total. The highest BCUT2D eigenvalue weighted by molar-refractivity contribution is 6.30. The third-order valence-corrected chi connectivity index (χ3v) is 3.96. The molecular weight excluding hydrogens is 356 g/mol. The summed E-state index contributed by atoms with van der Waals surface area (Å²) < 4.78 is 1.03. The number of para-hydroxylation sites is 1. The van der Waals surface area contributed by atoms with E-state index in [0.29, 0.717) is 16.4 Å². The molecule has 0 amide bonds. The molecule has 0 atom stereocenters. The minimum Gasteiger partial charge on any atom is -0.493 e. The summed E-state index contributed by atoms with van der Waals surface area (Å²) in [5, 5.41) is 15.0. The number of hydrazone groups is 1. The number of aromatic hydroxyl groups is 1. The first-order valence-electron chi connectivity index (χ1n) is 7.66. The minimum atomic E-state index is -0.737. The molecule has 3 rings (SSSR count). The zero-order valence-corrected chi connectivity index (χ0v) is 14.5. The topological polar surface area (TPSA) is 99.5 Å². The summed E-state index contributed by atoms with van der Waals surface area (Å²) in [7, 11) is 0. The van der Waals surface area contributed by atoms with Gasteiger partial charge in [-0.1, -0.05) is 29.8 Å². The number of benzene rings is 2. The highest BCUT2D eigenvalue weighted by atomic mass is 35.5. The Morgan fingerprint density at radius 3 is 2.54 bits per heavy atom. The van der Waals surface area contributed by atoms with Crippen molar-refractivity contribution in [2.75, 3.05) is 5.43 Å². The van der Waals surface area contributed by atoms with E-state index in [1.807, 2.05) is 6.07 Å². The lowest BCUT2D eigenvalue weighted by Gasteiger charge is -2.11. The van der Waals surface area contributed by atoms with Gasteiger partial charge >= 0.3 is 5.69 Å². The number of aryl methyl sites for hydroxylation is 1. The Kier molecular flexibility index (Phi) is 4.90. The number of anilines is 1. The second kappa shape index (κ2) is 7.28. The van der Waals surface area contributed by atoms with Gasteiger partial charge in [0.05, 0.1) is 17.6 Å². The summed E-state index contributed by atoms with van der Waals surface area (Å²) in [6.45, 7) is 1.79. The lowest BCUT2D eigenvalue weighted by atomic mass is 10.2. The predicted molar refractivity (Wildman–Crippen MR) is 102 cm³/mol. The van der Waals surface area contributed by atoms with Gasteiger partial charge in [0, 0.05) is 5.02 Å². The van der Waals surface area contributed by atoms with E-state index < -0.39 is 17.1 Å². The zero-order chi connectivity index (χ0) is 18.7. The molecule has 0 aliphatic rings. The lowest BCUT2D eigenvalue weighted by Crippen LogP contribution is -2.31. The van der Waals surface area contributed by atoms with Crippen LogP contribution in [-0.4, -0.2) is 20.9 Å². The van der Waals surface area contributed by atoms with Crippen molar-refractivity contribution in [2.45, 2.75) is 6.92 Å². The van der Waals surface area contributed by atoms with Crippen molar-refractivity contribution in [2.24, 2.45) is 5.10 Å². The molecule has 3 aromatic rings. The van der Waals surface area contributed by atoms with Gasteiger partial charge in [-0.05, 0) is 42.8 Å². The van der Waals surface area contributed by atoms with Crippen molar-refractivity contribution in [1.29, 1.82) is 0 Å². The van der Waals surface area contributed by atoms with Crippen molar-refractivity contribution in [1.82, 2.24) is 9.55 Å². The standard InChI is InChI=1S/C18H15ClN4O3/c1-11-4-2-3-5-15(11)23-17(25)14(16(24)21-18(23)26)10-20-22-13-8-6-12(19)7-9-13/h2-10,22,25H,1H3,(H,21,24,26). The number of nitrogens with zero attached hydrogens (tertiary/aromatic N) is 2. The van der Waals surface area contributed by atoms with Gasteiger partial charge in [0.15, 0.2) is 0 Å². The fraction of sp³-hybridized carbons (Fsp3) is 0.0556. The lowest BCUT2D eigenvalue weighted by molar-refractivity contribution is 0.430. The second-order valence-corrected chi connectivity index (χ2v) is 5.93. The van der Waals surface area contributed by atoms with Crippen molar-refractivity contribution in [3.05, 3.63) is 85.5 Å². The van der Waals surface area contributed by atoms with E-state index in [4.69, 9.17) is 11.6 Å². The Balaban J connectivity index is 2.00. The van der Waals surface area contributed by atoms with Gasteiger partial charge in [-0.2, -0.15) is 5.10 Å². The summed E-state index contributed by atoms with van der Waals surface area (Å²) in [5.41, 5.74) is 2.98. The molecule has 0 bridgehead atoms. The van der Waals surface area contributed by atoms with E-state index in [9.17, 15) is 14.7 Å². The number of halogens is 1. The molecule has 8 heteroatoms. The number of H-pyrrole nitrogens is 1. The predicted octanol–water partition coefficient (Wildman–Crippen LogP) is 2.64. The highest BCUT2D eigenvalue weighted by Gasteiger charge is 2.15. The number of nitrogens with one attached hydrogen (secondary N) is 2. The second-order valence-electron chi connectivity index (χ2n) is 5.50. The molecule has 0 saturated carbocycles. The zero-order valence-electron chi connectivity index (χ0n) is 13.7. The van der Waals surface area contributed by atoms with Gasteiger partial charge in [0.25, 0.3) is 5.56 Å². The summed E-state index contributed by atoms with van der Waals surface area (Å²) >= 11 is 5.81. The van der Waals surface area contributed by atoms with Crippen LogP contribution in [0.3, 0.4) is 0 Å². The molecule has 0 unspecified atom stereocenters. The molecule has 26 heavy (non-hydrogen) atoms. The Morgan fingerprint density at radius 2 is 1.85 bits per heavy atom. The first-order chi connectivity index (χ1) is 12.5. The van der Waals surface area contributed by atoms with Crippen molar-refractivity contribution in [3.8, 4) is 11.6 Å². The molecule has 0 aliphatic heterocycles. The molecule has 0 radical (unpaired) electrons. The molecule has 0 aliphatic carbocycles. The number of hydrogen-bond donors (Lipinski definition) is 3. The molecule has 0 spiro atoms. The molecule has 7 nitrogen and oxygen atoms in total. The Morgan fingerprint density at radius 1 is 1.15 bits per heavy atom. The normalized spacial score (nSPS) is 11.0. The summed E-state index contributed by atoms with van der Waals surface area (Å²) in [5.74, 6) is -0.491. The van der Waals surface area contributed by atoms with E-state index in [-0.39, 0.29) is 5.56 Å². The van der Waals surface area contributed by atoms with Crippen LogP contribution in [-0.2, 0) is 0 Å². The average Bonchev–Trinajstić information content (AvgIpc) is 2.61. The van der Waals surface area contributed by atoms with Gasteiger partial charge in [0.2, 0.25) is 5.88 Å². The quantitative estimate of drug-likeness (QED) is 0.485. The van der Waals surface area contributed by atoms with Crippen LogP contribution in [0.5, 0.6) is 5.88 Å². The van der Waals surface area contributed by atoms with Crippen LogP contribution >= 0.6 is 11.6 Å². The van der Waals surface area contributed by atoms with Crippen LogP contribution < -0.4 is 16.7 Å². The molecule has 1 aromatic heterocycles. The van der Waals surface area contributed by atoms with E-state index in [1.165, 1.54) is 0 Å². The van der Waals surface area contributed by atoms with Gasteiger partial charge in [-0.3, -0.25) is 15.2 Å². The molecule has 0 saturated heterocycles. The maximum atomic E-state index is 12.2. The largest absolute Gasteiger partial charge is 0.493 e. The first kappa shape index (κ1) is 17.5. The van der Waals surface area contributed by atoms with Crippen LogP contribution in [0.4, 0.5) is 5.69 Å². The fourth-order valence-electron chi connectivity index (χ4n) is 2.39. The van der Waals surface area contributed by atoms with Gasteiger partial charge in [-0.15, -0.1) is 0 Å². The maximum Gasteiger partial charge on any atom is 0.335 e. The van der Waals surface area contributed by atoms with Crippen LogP contribution in [0.2, 0.25) is 5.02 Å². The van der Waals surface area contributed by atoms with E-state index >= 15 is 0 Å². The highest BCUT2D eigenvalue weighted by Crippen LogP contribution is 2.18. The summed E-state index contributed by atoms with van der Waals surface area (Å²) in [6.07, 6.45) is 1.15. The smallest absolute Gasteiger partial charge is 0.335 e. The minimum absolute atomic E-state index is 0.144. The van der Waals surface area contributed by atoms with E-state index in [2.05, 4.69) is 15.5 Å². The van der Waals surface area contributed by atoms with Gasteiger partial charge in [0.1, 0.15) is 5.56 Å². The van der Waals surface area contributed by atoms with E-state index in [0.717, 1.165) is 16.3 Å². The molecule has 0 fully saturated rings. The third-order valence-electron chi connectivity index (χ3n) is 3.71. The SMILES string of the molecule is Cc1ccccc1-n1c(O)c(C=NNc2ccc(Cl)cc2)c(=O)[nH]c1=O. The van der Waals surface area contributed by atoms with E-state index in [1.54, 1.807) is 49.4 Å². The maximum absolute atomic E-state index is 12.2. The van der Waals surface area contributed by atoms with Crippen molar-refractivity contribution in [3.63, 3.8) is 0 Å². The number of aromatic nitrogens is 2. The fourth-order valence-corrected chi connectivity index (χ4v) is 2.51. The number of rotatable bonds is 4. The van der Waals surface area contributed by atoms with Crippen LogP contribution in [0.1, 0.15) is 11.1 Å². The monoisotopic (exact) mass is 370 g/mol. The summed E-state index contributed by atoms with van der Waals surface area (Å²) in [6, 6.07) is 13.8. The molecular formula is C18H15ClN4O3. The van der Waals surface area contributed by atoms with Gasteiger partial charge < -0.3 is 5.11 Å². The number of aromatic amines is 1. The Bertz CT molecular complexity index is 1080. The van der Waals surface area contributed by atoms with Crippen molar-refractivity contribution < 1.29 is 5.11 Å². The third kappa shape index (κ3) is 3.52. The molecule has 1 heterocycles. The van der Waals surface area contributed by atoms with Crippen LogP contribution in [0.15, 0.2) is 63.2 Å². The number of hydrogen-bond acceptors (Lipinski definition) is 5. The average molecular weight is 371 g/mol. The molecule has 2 aromatic carbocycles. The Labute approximate surface area is 153 Å². The summed E-state index contributed by atoms with van der Waals surface area (Å²) in [4.78, 5) is 26.4. The van der Waals surface area contributed by atoms with Crippen LogP contribution in [0.25, 0.3) is 5.69 Å². The first-order valence-corrected chi connectivity index (χ1v) is 8.04. The Hall–Kier alpha value is -3.32. The van der Waals surface area contributed by atoms with Crippen molar-refractivity contribution >= 4 is 23.5 Å². The molecule has 132 valence electrons. The van der Waals surface area contributed by atoms with Crippen LogP contribution in [0, 0.1) is 6.92 Å². The van der Waals surface area contributed by atoms with Gasteiger partial charge in [-0.25, -0.2) is 9.36 Å².